The highest BCUT2D eigenvalue weighted by atomic mass is 35.5. The Bertz CT molecular complexity index is 1060. The van der Waals surface area contributed by atoms with Crippen molar-refractivity contribution in [2.24, 2.45) is 5.41 Å². The molecule has 2 fully saturated rings. The Morgan fingerprint density at radius 3 is 2.30 bits per heavy atom. The smallest absolute Gasteiger partial charge is 0.260 e. The summed E-state index contributed by atoms with van der Waals surface area (Å²) in [4.78, 5) is 32.6. The molecule has 0 bridgehead atoms. The van der Waals surface area contributed by atoms with Crippen LogP contribution in [-0.2, 0) is 6.54 Å². The van der Waals surface area contributed by atoms with Gasteiger partial charge in [-0.1, -0.05) is 29.8 Å². The Kier molecular flexibility index (Phi) is 5.96. The van der Waals surface area contributed by atoms with E-state index in [4.69, 9.17) is 11.6 Å². The van der Waals surface area contributed by atoms with Crippen LogP contribution < -0.4 is 4.90 Å². The Balaban J connectivity index is 1.26. The number of piperidine rings is 2. The molecule has 2 amide bonds. The molecule has 0 radical (unpaired) electrons. The van der Waals surface area contributed by atoms with Crippen LogP contribution in [0.5, 0.6) is 0 Å². The lowest BCUT2D eigenvalue weighted by atomic mass is 9.71. The number of rotatable bonds is 3. The molecule has 2 saturated heterocycles. The average molecular weight is 466 g/mol. The van der Waals surface area contributed by atoms with Crippen LogP contribution in [0.15, 0.2) is 42.5 Å². The molecule has 2 aromatic carbocycles. The topological polar surface area (TPSA) is 43.9 Å². The summed E-state index contributed by atoms with van der Waals surface area (Å²) in [5.74, 6) is -0.0404. The molecule has 174 valence electrons. The Morgan fingerprint density at radius 1 is 0.970 bits per heavy atom. The van der Waals surface area contributed by atoms with E-state index >= 15 is 0 Å². The highest BCUT2D eigenvalue weighted by Gasteiger charge is 2.39. The van der Waals surface area contributed by atoms with Crippen molar-refractivity contribution >= 4 is 29.1 Å². The van der Waals surface area contributed by atoms with Crippen LogP contribution in [-0.4, -0.2) is 53.8 Å². The van der Waals surface area contributed by atoms with Crippen molar-refractivity contribution in [3.8, 4) is 0 Å². The van der Waals surface area contributed by atoms with Crippen molar-refractivity contribution in [1.29, 1.82) is 0 Å². The molecule has 2 aromatic rings. The SMILES string of the molecule is CC(C)N1CCC2(CCN(C(=O)c3cccc(N4Cc5cccc(Cl)c5C4=O)c3)CC2)CC1. The first-order chi connectivity index (χ1) is 15.9. The molecule has 1 spiro atoms. The molecule has 0 unspecified atom stereocenters. The largest absolute Gasteiger partial charge is 0.339 e. The van der Waals surface area contributed by atoms with E-state index < -0.39 is 0 Å². The molecule has 0 aromatic heterocycles. The number of likely N-dealkylation sites (tertiary alicyclic amines) is 2. The minimum atomic E-state index is -0.104. The molecular weight excluding hydrogens is 434 g/mol. The van der Waals surface area contributed by atoms with Crippen molar-refractivity contribution in [3.05, 3.63) is 64.2 Å². The molecule has 3 aliphatic heterocycles. The zero-order valence-electron chi connectivity index (χ0n) is 19.5. The van der Waals surface area contributed by atoms with E-state index in [2.05, 4.69) is 18.7 Å². The number of benzene rings is 2. The van der Waals surface area contributed by atoms with Crippen molar-refractivity contribution in [2.75, 3.05) is 31.1 Å². The summed E-state index contributed by atoms with van der Waals surface area (Å²) < 4.78 is 0. The Hall–Kier alpha value is -2.37. The fourth-order valence-electron chi connectivity index (χ4n) is 5.71. The summed E-state index contributed by atoms with van der Waals surface area (Å²) in [7, 11) is 0. The molecule has 5 rings (SSSR count). The third kappa shape index (κ3) is 4.17. The number of halogens is 1. The minimum absolute atomic E-state index is 0.0634. The molecule has 33 heavy (non-hydrogen) atoms. The molecular formula is C27H32ClN3O2. The van der Waals surface area contributed by atoms with E-state index in [9.17, 15) is 9.59 Å². The lowest BCUT2D eigenvalue weighted by Gasteiger charge is -2.47. The molecule has 0 N–H and O–H groups in total. The summed E-state index contributed by atoms with van der Waals surface area (Å²) in [6.07, 6.45) is 4.65. The number of carbonyl (C=O) groups excluding carboxylic acids is 2. The first-order valence-electron chi connectivity index (χ1n) is 12.1. The van der Waals surface area contributed by atoms with E-state index in [0.717, 1.165) is 37.2 Å². The number of hydrogen-bond donors (Lipinski definition) is 0. The molecule has 0 saturated carbocycles. The van der Waals surface area contributed by atoms with Gasteiger partial charge in [-0.05, 0) is 87.9 Å². The molecule has 5 nitrogen and oxygen atoms in total. The Labute approximate surface area is 201 Å². The van der Waals surface area contributed by atoms with Gasteiger partial charge in [0.25, 0.3) is 11.8 Å². The first-order valence-corrected chi connectivity index (χ1v) is 12.5. The third-order valence-electron chi connectivity index (χ3n) is 7.99. The van der Waals surface area contributed by atoms with Gasteiger partial charge in [-0.25, -0.2) is 0 Å². The molecule has 3 aliphatic rings. The van der Waals surface area contributed by atoms with E-state index in [1.54, 1.807) is 11.0 Å². The van der Waals surface area contributed by atoms with Crippen LogP contribution >= 0.6 is 11.6 Å². The second kappa shape index (κ2) is 8.77. The van der Waals surface area contributed by atoms with Gasteiger partial charge in [-0.15, -0.1) is 0 Å². The molecule has 6 heteroatoms. The van der Waals surface area contributed by atoms with E-state index in [0.29, 0.717) is 34.2 Å². The van der Waals surface area contributed by atoms with Crippen LogP contribution in [0.25, 0.3) is 0 Å². The number of carbonyl (C=O) groups is 2. The summed E-state index contributed by atoms with van der Waals surface area (Å²) in [6.45, 7) is 9.00. The summed E-state index contributed by atoms with van der Waals surface area (Å²) in [5.41, 5.74) is 3.28. The van der Waals surface area contributed by atoms with E-state index in [1.807, 2.05) is 41.3 Å². The predicted octanol–water partition coefficient (Wildman–Crippen LogP) is 5.23. The summed E-state index contributed by atoms with van der Waals surface area (Å²) in [5, 5.41) is 0.480. The number of anilines is 1. The molecule has 3 heterocycles. The van der Waals surface area contributed by atoms with Gasteiger partial charge in [0, 0.05) is 30.4 Å². The number of nitrogens with zero attached hydrogens (tertiary/aromatic N) is 3. The van der Waals surface area contributed by atoms with Gasteiger partial charge in [0.15, 0.2) is 0 Å². The van der Waals surface area contributed by atoms with Gasteiger partial charge in [0.1, 0.15) is 0 Å². The second-order valence-corrected chi connectivity index (χ2v) is 10.5. The number of fused-ring (bicyclic) bond motifs is 1. The average Bonchev–Trinajstić information content (AvgIpc) is 3.17. The monoisotopic (exact) mass is 465 g/mol. The lowest BCUT2D eigenvalue weighted by molar-refractivity contribution is 0.0233. The lowest BCUT2D eigenvalue weighted by Crippen LogP contribution is -2.49. The standard InChI is InChI=1S/C27H32ClN3O2/c1-19(2)29-13-9-27(10-14-29)11-15-30(16-12-27)25(32)20-5-3-7-22(17-20)31-18-21-6-4-8-23(28)24(21)26(31)33/h3-8,17,19H,9-16,18H2,1-2H3. The Morgan fingerprint density at radius 2 is 1.64 bits per heavy atom. The maximum absolute atomic E-state index is 13.3. The van der Waals surface area contributed by atoms with Gasteiger partial charge in [0.05, 0.1) is 17.1 Å². The van der Waals surface area contributed by atoms with Crippen LogP contribution in [0.3, 0.4) is 0 Å². The summed E-state index contributed by atoms with van der Waals surface area (Å²) >= 11 is 6.27. The maximum atomic E-state index is 13.3. The van der Waals surface area contributed by atoms with Gasteiger partial charge in [0.2, 0.25) is 0 Å². The van der Waals surface area contributed by atoms with Crippen molar-refractivity contribution in [1.82, 2.24) is 9.80 Å². The van der Waals surface area contributed by atoms with Gasteiger partial charge < -0.3 is 14.7 Å². The van der Waals surface area contributed by atoms with Crippen molar-refractivity contribution in [2.45, 2.75) is 52.1 Å². The maximum Gasteiger partial charge on any atom is 0.260 e. The zero-order valence-corrected chi connectivity index (χ0v) is 20.3. The van der Waals surface area contributed by atoms with Gasteiger partial charge >= 0.3 is 0 Å². The van der Waals surface area contributed by atoms with Crippen molar-refractivity contribution in [3.63, 3.8) is 0 Å². The summed E-state index contributed by atoms with van der Waals surface area (Å²) in [6, 6.07) is 13.6. The van der Waals surface area contributed by atoms with Crippen LogP contribution in [0.2, 0.25) is 5.02 Å². The first kappa shape index (κ1) is 22.4. The number of hydrogen-bond acceptors (Lipinski definition) is 3. The van der Waals surface area contributed by atoms with E-state index in [1.165, 1.54) is 25.9 Å². The van der Waals surface area contributed by atoms with Crippen LogP contribution in [0, 0.1) is 5.41 Å². The fraction of sp³-hybridized carbons (Fsp3) is 0.481. The quantitative estimate of drug-likeness (QED) is 0.623. The van der Waals surface area contributed by atoms with E-state index in [-0.39, 0.29) is 11.8 Å². The highest BCUT2D eigenvalue weighted by molar-refractivity contribution is 6.35. The zero-order chi connectivity index (χ0) is 23.2. The molecule has 0 aliphatic carbocycles. The fourth-order valence-corrected chi connectivity index (χ4v) is 5.99. The minimum Gasteiger partial charge on any atom is -0.339 e. The predicted molar refractivity (Wildman–Crippen MR) is 132 cm³/mol. The van der Waals surface area contributed by atoms with Crippen LogP contribution in [0.4, 0.5) is 5.69 Å². The normalized spacial score (nSPS) is 20.5. The van der Waals surface area contributed by atoms with Crippen LogP contribution in [0.1, 0.15) is 65.8 Å². The van der Waals surface area contributed by atoms with Gasteiger partial charge in [-0.3, -0.25) is 9.59 Å². The number of amides is 2. The third-order valence-corrected chi connectivity index (χ3v) is 8.31. The highest BCUT2D eigenvalue weighted by Crippen LogP contribution is 2.42. The van der Waals surface area contributed by atoms with Crippen molar-refractivity contribution < 1.29 is 9.59 Å². The molecule has 0 atom stereocenters. The second-order valence-electron chi connectivity index (χ2n) is 10.1. The van der Waals surface area contributed by atoms with Gasteiger partial charge in [-0.2, -0.15) is 0 Å².